The van der Waals surface area contributed by atoms with Gasteiger partial charge in [0.05, 0.1) is 19.1 Å². The maximum atomic E-state index is 12.6. The van der Waals surface area contributed by atoms with Crippen LogP contribution in [-0.2, 0) is 9.59 Å². The molecular weight excluding hydrogens is 356 g/mol. The van der Waals surface area contributed by atoms with Crippen LogP contribution in [0.15, 0.2) is 23.1 Å². The van der Waals surface area contributed by atoms with Crippen LogP contribution >= 0.6 is 11.8 Å². The normalized spacial score (nSPS) is 18.8. The molecule has 138 valence electrons. The third kappa shape index (κ3) is 3.70. The number of rotatable bonds is 5. The molecule has 0 bridgehead atoms. The minimum absolute atomic E-state index is 0.187. The van der Waals surface area contributed by atoms with Gasteiger partial charge in [0, 0.05) is 24.7 Å². The van der Waals surface area contributed by atoms with Gasteiger partial charge >= 0.3 is 0 Å². The topological polar surface area (TPSA) is 76.2 Å². The minimum atomic E-state index is -0.453. The van der Waals surface area contributed by atoms with E-state index in [0.717, 1.165) is 29.5 Å². The molecule has 1 aromatic carbocycles. The van der Waals surface area contributed by atoms with Gasteiger partial charge in [0.15, 0.2) is 0 Å². The van der Waals surface area contributed by atoms with E-state index >= 15 is 0 Å². The number of ether oxygens (including phenoxy) is 2. The van der Waals surface area contributed by atoms with Crippen molar-refractivity contribution in [1.29, 1.82) is 0 Å². The summed E-state index contributed by atoms with van der Waals surface area (Å²) in [5.41, 5.74) is 0.657. The standard InChI is InChI=1S/C18H20N2O5S/c1-24-13-6-5-12(14(10-13)25-2)9-15-17(22)20(18(23)26-15)11-16(21)19-7-3-4-8-19/h5-6,9-10H,3-4,7-8,11H2,1-2H3/b15-9+. The van der Waals surface area contributed by atoms with Crippen molar-refractivity contribution in [3.05, 3.63) is 28.7 Å². The summed E-state index contributed by atoms with van der Waals surface area (Å²) in [6.45, 7) is 1.17. The van der Waals surface area contributed by atoms with Crippen molar-refractivity contribution in [3.63, 3.8) is 0 Å². The van der Waals surface area contributed by atoms with Crippen molar-refractivity contribution in [1.82, 2.24) is 9.80 Å². The number of benzene rings is 1. The first-order valence-corrected chi connectivity index (χ1v) is 9.10. The number of amides is 3. The van der Waals surface area contributed by atoms with E-state index in [1.54, 1.807) is 36.3 Å². The Morgan fingerprint density at radius 2 is 1.92 bits per heavy atom. The molecule has 3 amide bonds. The highest BCUT2D eigenvalue weighted by atomic mass is 32.2. The maximum Gasteiger partial charge on any atom is 0.294 e. The molecule has 7 nitrogen and oxygen atoms in total. The molecule has 1 aromatic rings. The molecule has 2 saturated heterocycles. The van der Waals surface area contributed by atoms with Crippen LogP contribution < -0.4 is 9.47 Å². The van der Waals surface area contributed by atoms with Crippen LogP contribution in [-0.4, -0.2) is 60.7 Å². The number of thioether (sulfide) groups is 1. The highest BCUT2D eigenvalue weighted by Crippen LogP contribution is 2.35. The molecule has 2 heterocycles. The number of likely N-dealkylation sites (tertiary alicyclic amines) is 1. The van der Waals surface area contributed by atoms with Gasteiger partial charge in [0.2, 0.25) is 5.91 Å². The lowest BCUT2D eigenvalue weighted by Crippen LogP contribution is -2.40. The molecule has 26 heavy (non-hydrogen) atoms. The average molecular weight is 376 g/mol. The van der Waals surface area contributed by atoms with Crippen molar-refractivity contribution in [2.24, 2.45) is 0 Å². The van der Waals surface area contributed by atoms with E-state index in [0.29, 0.717) is 30.2 Å². The first-order chi connectivity index (χ1) is 12.5. The second-order valence-electron chi connectivity index (χ2n) is 5.96. The Morgan fingerprint density at radius 1 is 1.19 bits per heavy atom. The first kappa shape index (κ1) is 18.3. The molecule has 0 radical (unpaired) electrons. The highest BCUT2D eigenvalue weighted by Gasteiger charge is 2.37. The molecule has 2 fully saturated rings. The van der Waals surface area contributed by atoms with Gasteiger partial charge in [0.1, 0.15) is 18.0 Å². The Kier molecular flexibility index (Phi) is 5.51. The molecular formula is C18H20N2O5S. The van der Waals surface area contributed by atoms with Gasteiger partial charge in [-0.1, -0.05) is 0 Å². The number of imide groups is 1. The third-order valence-corrected chi connectivity index (χ3v) is 5.26. The van der Waals surface area contributed by atoms with E-state index < -0.39 is 11.1 Å². The van der Waals surface area contributed by atoms with Crippen molar-refractivity contribution in [3.8, 4) is 11.5 Å². The van der Waals surface area contributed by atoms with Gasteiger partial charge < -0.3 is 14.4 Å². The summed E-state index contributed by atoms with van der Waals surface area (Å²) in [5.74, 6) is 0.520. The quantitative estimate of drug-likeness (QED) is 0.735. The smallest absolute Gasteiger partial charge is 0.294 e. The second kappa shape index (κ2) is 7.82. The summed E-state index contributed by atoms with van der Waals surface area (Å²) in [6, 6.07) is 5.20. The molecule has 2 aliphatic heterocycles. The molecule has 0 atom stereocenters. The Hall–Kier alpha value is -2.48. The predicted octanol–water partition coefficient (Wildman–Crippen LogP) is 2.36. The fraction of sp³-hybridized carbons (Fsp3) is 0.389. The highest BCUT2D eigenvalue weighted by molar-refractivity contribution is 8.18. The Morgan fingerprint density at radius 3 is 2.58 bits per heavy atom. The van der Waals surface area contributed by atoms with Gasteiger partial charge in [-0.3, -0.25) is 19.3 Å². The Labute approximate surface area is 155 Å². The molecule has 0 unspecified atom stereocenters. The van der Waals surface area contributed by atoms with Gasteiger partial charge in [-0.25, -0.2) is 0 Å². The largest absolute Gasteiger partial charge is 0.497 e. The Bertz CT molecular complexity index is 771. The zero-order valence-electron chi connectivity index (χ0n) is 14.7. The van der Waals surface area contributed by atoms with E-state index in [4.69, 9.17) is 9.47 Å². The monoisotopic (exact) mass is 376 g/mol. The fourth-order valence-electron chi connectivity index (χ4n) is 2.92. The van der Waals surface area contributed by atoms with Crippen molar-refractivity contribution >= 4 is 34.9 Å². The molecule has 2 aliphatic rings. The van der Waals surface area contributed by atoms with Crippen LogP contribution in [0, 0.1) is 0 Å². The van der Waals surface area contributed by atoms with Gasteiger partial charge in [-0.05, 0) is 42.8 Å². The SMILES string of the molecule is COc1ccc(/C=C2/SC(=O)N(CC(=O)N3CCCC3)C2=O)c(OC)c1. The summed E-state index contributed by atoms with van der Waals surface area (Å²) in [4.78, 5) is 40.0. The summed E-state index contributed by atoms with van der Waals surface area (Å²) in [6.07, 6.45) is 3.53. The number of nitrogens with zero attached hydrogens (tertiary/aromatic N) is 2. The Balaban J connectivity index is 1.77. The van der Waals surface area contributed by atoms with Crippen LogP contribution in [0.5, 0.6) is 11.5 Å². The van der Waals surface area contributed by atoms with Crippen molar-refractivity contribution in [2.45, 2.75) is 12.8 Å². The van der Waals surface area contributed by atoms with Crippen LogP contribution in [0.4, 0.5) is 4.79 Å². The van der Waals surface area contributed by atoms with Crippen LogP contribution in [0.3, 0.4) is 0 Å². The first-order valence-electron chi connectivity index (χ1n) is 8.28. The molecule has 8 heteroatoms. The van der Waals surface area contributed by atoms with Gasteiger partial charge in [-0.15, -0.1) is 0 Å². The number of carbonyl (C=O) groups is 3. The van der Waals surface area contributed by atoms with Crippen LogP contribution in [0.25, 0.3) is 6.08 Å². The summed E-state index contributed by atoms with van der Waals surface area (Å²) in [7, 11) is 3.07. The zero-order valence-corrected chi connectivity index (χ0v) is 15.5. The van der Waals surface area contributed by atoms with E-state index in [9.17, 15) is 14.4 Å². The van der Waals surface area contributed by atoms with E-state index in [1.807, 2.05) is 0 Å². The van der Waals surface area contributed by atoms with E-state index in [1.165, 1.54) is 7.11 Å². The number of hydrogen-bond donors (Lipinski definition) is 0. The van der Waals surface area contributed by atoms with Crippen molar-refractivity contribution < 1.29 is 23.9 Å². The lowest BCUT2D eigenvalue weighted by atomic mass is 10.1. The van der Waals surface area contributed by atoms with Gasteiger partial charge in [0.25, 0.3) is 11.1 Å². The second-order valence-corrected chi connectivity index (χ2v) is 6.96. The van der Waals surface area contributed by atoms with Gasteiger partial charge in [-0.2, -0.15) is 0 Å². The molecule has 0 spiro atoms. The van der Waals surface area contributed by atoms with Crippen LogP contribution in [0.2, 0.25) is 0 Å². The van der Waals surface area contributed by atoms with Crippen LogP contribution in [0.1, 0.15) is 18.4 Å². The van der Waals surface area contributed by atoms with Crippen molar-refractivity contribution in [2.75, 3.05) is 33.9 Å². The lowest BCUT2D eigenvalue weighted by molar-refractivity contribution is -0.135. The molecule has 0 N–H and O–H groups in total. The maximum absolute atomic E-state index is 12.6. The number of carbonyl (C=O) groups excluding carboxylic acids is 3. The third-order valence-electron chi connectivity index (χ3n) is 4.35. The minimum Gasteiger partial charge on any atom is -0.497 e. The summed E-state index contributed by atoms with van der Waals surface area (Å²) in [5, 5.41) is -0.429. The number of methoxy groups -OCH3 is 2. The molecule has 3 rings (SSSR count). The average Bonchev–Trinajstić information content (AvgIpc) is 3.27. The molecule has 0 aromatic heterocycles. The lowest BCUT2D eigenvalue weighted by Gasteiger charge is -2.18. The van der Waals surface area contributed by atoms with E-state index in [2.05, 4.69) is 0 Å². The predicted molar refractivity (Wildman–Crippen MR) is 98.0 cm³/mol. The molecule has 0 saturated carbocycles. The zero-order chi connectivity index (χ0) is 18.7. The molecule has 0 aliphatic carbocycles. The fourth-order valence-corrected chi connectivity index (χ4v) is 3.75. The van der Waals surface area contributed by atoms with E-state index in [-0.39, 0.29) is 17.4 Å². The number of hydrogen-bond acceptors (Lipinski definition) is 6. The summed E-state index contributed by atoms with van der Waals surface area (Å²) < 4.78 is 10.5. The summed E-state index contributed by atoms with van der Waals surface area (Å²) >= 11 is 0.831.